The summed E-state index contributed by atoms with van der Waals surface area (Å²) in [5.41, 5.74) is 3.70. The standard InChI is InChI=1S/C16H17N3O3S/c20-16-14-3-1-2-13(15(14)9-17-16)11-8-18-19(10-11)12-4-6-23(21,22)7-5-12/h1-3,8,10,12H,4-7,9H2,(H,17,20). The number of benzene rings is 1. The molecule has 1 saturated heterocycles. The van der Waals surface area contributed by atoms with Crippen molar-refractivity contribution in [1.29, 1.82) is 0 Å². The fraction of sp³-hybridized carbons (Fsp3) is 0.375. The van der Waals surface area contributed by atoms with Crippen molar-refractivity contribution in [2.75, 3.05) is 11.5 Å². The molecule has 0 aliphatic carbocycles. The lowest BCUT2D eigenvalue weighted by Gasteiger charge is -2.22. The minimum absolute atomic E-state index is 0.0354. The zero-order chi connectivity index (χ0) is 16.0. The minimum Gasteiger partial charge on any atom is -0.348 e. The zero-order valence-electron chi connectivity index (χ0n) is 12.5. The van der Waals surface area contributed by atoms with Gasteiger partial charge >= 0.3 is 0 Å². The van der Waals surface area contributed by atoms with Gasteiger partial charge in [0.15, 0.2) is 0 Å². The minimum atomic E-state index is -2.87. The molecule has 3 heterocycles. The third-order valence-corrected chi connectivity index (χ3v) is 6.37. The van der Waals surface area contributed by atoms with Crippen molar-refractivity contribution in [2.24, 2.45) is 0 Å². The van der Waals surface area contributed by atoms with Gasteiger partial charge in [-0.3, -0.25) is 9.48 Å². The average Bonchev–Trinajstić information content (AvgIpc) is 3.15. The average molecular weight is 331 g/mol. The van der Waals surface area contributed by atoms with Crippen LogP contribution < -0.4 is 5.32 Å². The Morgan fingerprint density at radius 2 is 1.91 bits per heavy atom. The van der Waals surface area contributed by atoms with Crippen molar-refractivity contribution in [1.82, 2.24) is 15.1 Å². The van der Waals surface area contributed by atoms with Gasteiger partial charge in [-0.25, -0.2) is 8.42 Å². The Labute approximate surface area is 134 Å². The van der Waals surface area contributed by atoms with Crippen molar-refractivity contribution in [3.8, 4) is 11.1 Å². The molecule has 1 aromatic carbocycles. The van der Waals surface area contributed by atoms with Crippen LogP contribution in [0.2, 0.25) is 0 Å². The van der Waals surface area contributed by atoms with Gasteiger partial charge in [0.25, 0.3) is 5.91 Å². The van der Waals surface area contributed by atoms with Gasteiger partial charge < -0.3 is 5.32 Å². The van der Waals surface area contributed by atoms with E-state index in [1.807, 2.05) is 29.1 Å². The molecule has 1 aromatic heterocycles. The molecular weight excluding hydrogens is 314 g/mol. The predicted molar refractivity (Wildman–Crippen MR) is 85.8 cm³/mol. The highest BCUT2D eigenvalue weighted by Crippen LogP contribution is 2.31. The van der Waals surface area contributed by atoms with Gasteiger partial charge in [-0.15, -0.1) is 0 Å². The third-order valence-electron chi connectivity index (χ3n) is 4.66. The van der Waals surface area contributed by atoms with Crippen LogP contribution in [0.15, 0.2) is 30.6 Å². The van der Waals surface area contributed by atoms with Gasteiger partial charge in [0.2, 0.25) is 0 Å². The quantitative estimate of drug-likeness (QED) is 0.905. The van der Waals surface area contributed by atoms with E-state index in [1.165, 1.54) is 0 Å². The van der Waals surface area contributed by atoms with Crippen molar-refractivity contribution in [3.63, 3.8) is 0 Å². The first-order chi connectivity index (χ1) is 11.0. The Hall–Kier alpha value is -2.15. The number of aromatic nitrogens is 2. The van der Waals surface area contributed by atoms with Gasteiger partial charge in [0.05, 0.1) is 23.7 Å². The second kappa shape index (κ2) is 5.19. The van der Waals surface area contributed by atoms with Crippen LogP contribution in [0.25, 0.3) is 11.1 Å². The molecule has 6 nitrogen and oxygen atoms in total. The van der Waals surface area contributed by atoms with E-state index in [1.54, 1.807) is 6.20 Å². The summed E-state index contributed by atoms with van der Waals surface area (Å²) in [4.78, 5) is 11.8. The molecule has 0 radical (unpaired) electrons. The molecule has 2 aliphatic rings. The van der Waals surface area contributed by atoms with E-state index in [0.717, 1.165) is 22.3 Å². The Bertz CT molecular complexity index is 872. The van der Waals surface area contributed by atoms with E-state index in [-0.39, 0.29) is 23.5 Å². The molecule has 0 bridgehead atoms. The van der Waals surface area contributed by atoms with Crippen LogP contribution >= 0.6 is 0 Å². The number of hydrogen-bond donors (Lipinski definition) is 1. The van der Waals surface area contributed by atoms with Gasteiger partial charge in [0.1, 0.15) is 9.84 Å². The number of rotatable bonds is 2. The van der Waals surface area contributed by atoms with Crippen LogP contribution in [0.3, 0.4) is 0 Å². The highest BCUT2D eigenvalue weighted by molar-refractivity contribution is 7.91. The van der Waals surface area contributed by atoms with Gasteiger partial charge in [-0.1, -0.05) is 12.1 Å². The normalized spacial score (nSPS) is 20.3. The van der Waals surface area contributed by atoms with Crippen LogP contribution in [-0.2, 0) is 16.4 Å². The van der Waals surface area contributed by atoms with Crippen LogP contribution in [0.4, 0.5) is 0 Å². The van der Waals surface area contributed by atoms with Crippen LogP contribution in [0.1, 0.15) is 34.8 Å². The fourth-order valence-electron chi connectivity index (χ4n) is 3.34. The molecule has 2 aromatic rings. The molecule has 1 N–H and O–H groups in total. The molecule has 0 spiro atoms. The highest BCUT2D eigenvalue weighted by Gasteiger charge is 2.26. The molecule has 1 amide bonds. The van der Waals surface area contributed by atoms with Crippen LogP contribution in [0, 0.1) is 0 Å². The summed E-state index contributed by atoms with van der Waals surface area (Å²) in [6, 6.07) is 5.83. The summed E-state index contributed by atoms with van der Waals surface area (Å²) in [6.45, 7) is 0.539. The molecule has 7 heteroatoms. The molecule has 23 heavy (non-hydrogen) atoms. The number of fused-ring (bicyclic) bond motifs is 1. The van der Waals surface area contributed by atoms with Crippen LogP contribution in [0.5, 0.6) is 0 Å². The first-order valence-corrected chi connectivity index (χ1v) is 9.51. The SMILES string of the molecule is O=C1NCc2c1cccc2-c1cnn(C2CCS(=O)(=O)CC2)c1. The first kappa shape index (κ1) is 14.4. The van der Waals surface area contributed by atoms with Crippen molar-refractivity contribution < 1.29 is 13.2 Å². The Kier molecular flexibility index (Phi) is 3.26. The zero-order valence-corrected chi connectivity index (χ0v) is 13.3. The van der Waals surface area contributed by atoms with Crippen molar-refractivity contribution in [3.05, 3.63) is 41.7 Å². The largest absolute Gasteiger partial charge is 0.348 e. The Balaban J connectivity index is 1.64. The predicted octanol–water partition coefficient (Wildman–Crippen LogP) is 1.54. The third kappa shape index (κ3) is 2.55. The highest BCUT2D eigenvalue weighted by atomic mass is 32.2. The molecule has 2 aliphatic heterocycles. The lowest BCUT2D eigenvalue weighted by atomic mass is 9.99. The Morgan fingerprint density at radius 1 is 1.17 bits per heavy atom. The van der Waals surface area contributed by atoms with E-state index in [9.17, 15) is 13.2 Å². The van der Waals surface area contributed by atoms with E-state index >= 15 is 0 Å². The Morgan fingerprint density at radius 3 is 2.70 bits per heavy atom. The maximum absolute atomic E-state index is 11.8. The molecule has 0 atom stereocenters. The monoisotopic (exact) mass is 331 g/mol. The van der Waals surface area contributed by atoms with Gasteiger partial charge in [-0.05, 0) is 30.0 Å². The lowest BCUT2D eigenvalue weighted by Crippen LogP contribution is -2.25. The van der Waals surface area contributed by atoms with E-state index in [4.69, 9.17) is 0 Å². The van der Waals surface area contributed by atoms with E-state index in [2.05, 4.69) is 10.4 Å². The number of sulfone groups is 1. The van der Waals surface area contributed by atoms with Gasteiger partial charge in [0, 0.05) is 23.9 Å². The second-order valence-corrected chi connectivity index (χ2v) is 8.41. The van der Waals surface area contributed by atoms with Crippen LogP contribution in [-0.4, -0.2) is 35.6 Å². The molecule has 0 unspecified atom stereocenters. The maximum atomic E-state index is 11.8. The summed E-state index contributed by atoms with van der Waals surface area (Å²) in [5.74, 6) is 0.421. The number of amides is 1. The van der Waals surface area contributed by atoms with Crippen molar-refractivity contribution >= 4 is 15.7 Å². The molecule has 1 fully saturated rings. The smallest absolute Gasteiger partial charge is 0.251 e. The second-order valence-electron chi connectivity index (χ2n) is 6.11. The lowest BCUT2D eigenvalue weighted by molar-refractivity contribution is 0.0965. The van der Waals surface area contributed by atoms with E-state index < -0.39 is 9.84 Å². The number of hydrogen-bond acceptors (Lipinski definition) is 4. The molecule has 0 saturated carbocycles. The molecular formula is C16H17N3O3S. The summed E-state index contributed by atoms with van der Waals surface area (Å²) in [5, 5.41) is 7.27. The topological polar surface area (TPSA) is 81.1 Å². The van der Waals surface area contributed by atoms with E-state index in [0.29, 0.717) is 19.4 Å². The van der Waals surface area contributed by atoms with Gasteiger partial charge in [-0.2, -0.15) is 5.10 Å². The summed E-state index contributed by atoms with van der Waals surface area (Å²) >= 11 is 0. The van der Waals surface area contributed by atoms with Crippen molar-refractivity contribution in [2.45, 2.75) is 25.4 Å². The number of carbonyl (C=O) groups excluding carboxylic acids is 1. The summed E-state index contributed by atoms with van der Waals surface area (Å²) in [6.07, 6.45) is 4.97. The summed E-state index contributed by atoms with van der Waals surface area (Å²) < 4.78 is 25.0. The first-order valence-electron chi connectivity index (χ1n) is 7.68. The number of nitrogens with one attached hydrogen (secondary N) is 1. The number of carbonyl (C=O) groups is 1. The molecule has 120 valence electrons. The molecule has 4 rings (SSSR count). The fourth-order valence-corrected chi connectivity index (χ4v) is 4.81. The summed E-state index contributed by atoms with van der Waals surface area (Å²) in [7, 11) is -2.87. The maximum Gasteiger partial charge on any atom is 0.251 e. The number of nitrogens with zero attached hydrogens (tertiary/aromatic N) is 2.